The van der Waals surface area contributed by atoms with E-state index < -0.39 is 0 Å². The number of hydrogen-bond donors (Lipinski definition) is 1. The maximum Gasteiger partial charge on any atom is 0.124 e. The maximum atomic E-state index is 9.42. The van der Waals surface area contributed by atoms with Crippen molar-refractivity contribution in [2.24, 2.45) is 0 Å². The molecule has 3 nitrogen and oxygen atoms in total. The molecule has 0 heterocycles. The van der Waals surface area contributed by atoms with Gasteiger partial charge in [0.15, 0.2) is 0 Å². The van der Waals surface area contributed by atoms with Crippen molar-refractivity contribution < 1.29 is 9.84 Å². The summed E-state index contributed by atoms with van der Waals surface area (Å²) >= 11 is 0. The lowest BCUT2D eigenvalue weighted by Gasteiger charge is -2.23. The number of benzene rings is 1. The largest absolute Gasteiger partial charge is 0.508 e. The molecule has 1 aromatic rings. The molecule has 0 spiro atoms. The second-order valence-corrected chi connectivity index (χ2v) is 4.21. The lowest BCUT2D eigenvalue weighted by atomic mass is 9.98. The van der Waals surface area contributed by atoms with Gasteiger partial charge < -0.3 is 9.84 Å². The number of hydrogen-bond acceptors (Lipinski definition) is 3. The summed E-state index contributed by atoms with van der Waals surface area (Å²) < 4.78 is 5.77. The van der Waals surface area contributed by atoms with E-state index in [1.807, 2.05) is 6.07 Å². The van der Waals surface area contributed by atoms with E-state index in [9.17, 15) is 5.11 Å². The minimum absolute atomic E-state index is 0.0878. The van der Waals surface area contributed by atoms with Gasteiger partial charge in [-0.3, -0.25) is 0 Å². The lowest BCUT2D eigenvalue weighted by Crippen LogP contribution is -2.19. The Morgan fingerprint density at radius 3 is 2.62 bits per heavy atom. The predicted octanol–water partition coefficient (Wildman–Crippen LogP) is 2.98. The van der Waals surface area contributed by atoms with Gasteiger partial charge in [0.05, 0.1) is 17.7 Å². The van der Waals surface area contributed by atoms with Crippen LogP contribution in [0.2, 0.25) is 0 Å². The van der Waals surface area contributed by atoms with Gasteiger partial charge in [-0.15, -0.1) is 0 Å². The minimum Gasteiger partial charge on any atom is -0.508 e. The second-order valence-electron chi connectivity index (χ2n) is 4.21. The van der Waals surface area contributed by atoms with E-state index in [-0.39, 0.29) is 11.9 Å². The molecule has 0 aliphatic heterocycles. The van der Waals surface area contributed by atoms with E-state index in [1.54, 1.807) is 12.1 Å². The number of phenols is 1. The van der Waals surface area contributed by atoms with Gasteiger partial charge in [0, 0.05) is 6.07 Å². The molecule has 1 fully saturated rings. The molecule has 0 radical (unpaired) electrons. The summed E-state index contributed by atoms with van der Waals surface area (Å²) in [5.41, 5.74) is 0.436. The van der Waals surface area contributed by atoms with Crippen molar-refractivity contribution in [3.05, 3.63) is 23.8 Å². The minimum atomic E-state index is 0.0878. The lowest BCUT2D eigenvalue weighted by molar-refractivity contribution is 0.154. The molecule has 0 amide bonds. The summed E-state index contributed by atoms with van der Waals surface area (Å²) in [6.07, 6.45) is 6.06. The highest BCUT2D eigenvalue weighted by molar-refractivity contribution is 5.43. The number of nitriles is 1. The van der Waals surface area contributed by atoms with E-state index in [4.69, 9.17) is 10.00 Å². The van der Waals surface area contributed by atoms with E-state index in [1.165, 1.54) is 25.3 Å². The first-order valence-electron chi connectivity index (χ1n) is 5.69. The van der Waals surface area contributed by atoms with Crippen LogP contribution < -0.4 is 4.74 Å². The normalized spacial score (nSPS) is 16.7. The van der Waals surface area contributed by atoms with Gasteiger partial charge in [0.1, 0.15) is 11.5 Å². The monoisotopic (exact) mass is 217 g/mol. The van der Waals surface area contributed by atoms with Crippen LogP contribution in [0.4, 0.5) is 0 Å². The van der Waals surface area contributed by atoms with E-state index in [2.05, 4.69) is 0 Å². The Kier molecular flexibility index (Phi) is 3.31. The van der Waals surface area contributed by atoms with Crippen LogP contribution in [0.25, 0.3) is 0 Å². The van der Waals surface area contributed by atoms with Crippen LogP contribution in [0, 0.1) is 11.3 Å². The maximum absolute atomic E-state index is 9.42. The quantitative estimate of drug-likeness (QED) is 0.828. The van der Waals surface area contributed by atoms with Crippen molar-refractivity contribution in [3.8, 4) is 17.6 Å². The summed E-state index contributed by atoms with van der Waals surface area (Å²) in [5.74, 6) is 0.688. The summed E-state index contributed by atoms with van der Waals surface area (Å²) in [4.78, 5) is 0. The highest BCUT2D eigenvalue weighted by Crippen LogP contribution is 2.26. The molecular formula is C13H15NO2. The van der Waals surface area contributed by atoms with Crippen molar-refractivity contribution in [1.29, 1.82) is 5.26 Å². The average molecular weight is 217 g/mol. The molecule has 1 aliphatic rings. The zero-order chi connectivity index (χ0) is 11.4. The fourth-order valence-electron chi connectivity index (χ4n) is 2.09. The molecule has 2 rings (SSSR count). The van der Waals surface area contributed by atoms with Crippen LogP contribution in [-0.2, 0) is 0 Å². The van der Waals surface area contributed by atoms with Crippen molar-refractivity contribution in [3.63, 3.8) is 0 Å². The van der Waals surface area contributed by atoms with E-state index in [0.29, 0.717) is 11.3 Å². The summed E-state index contributed by atoms with van der Waals surface area (Å²) in [6.45, 7) is 0. The molecule has 84 valence electrons. The predicted molar refractivity (Wildman–Crippen MR) is 60.3 cm³/mol. The van der Waals surface area contributed by atoms with Crippen LogP contribution in [0.5, 0.6) is 11.5 Å². The molecule has 0 bridgehead atoms. The van der Waals surface area contributed by atoms with Crippen molar-refractivity contribution in [2.45, 2.75) is 38.2 Å². The van der Waals surface area contributed by atoms with Crippen LogP contribution in [0.1, 0.15) is 37.7 Å². The van der Waals surface area contributed by atoms with Crippen molar-refractivity contribution >= 4 is 0 Å². The van der Waals surface area contributed by atoms with Crippen LogP contribution >= 0.6 is 0 Å². The molecule has 0 unspecified atom stereocenters. The van der Waals surface area contributed by atoms with Crippen molar-refractivity contribution in [1.82, 2.24) is 0 Å². The Hall–Kier alpha value is -1.69. The SMILES string of the molecule is N#Cc1cc(O)cc(OC2CCCCC2)c1. The summed E-state index contributed by atoms with van der Waals surface area (Å²) in [7, 11) is 0. The van der Waals surface area contributed by atoms with Gasteiger partial charge >= 0.3 is 0 Å². The highest BCUT2D eigenvalue weighted by atomic mass is 16.5. The van der Waals surface area contributed by atoms with Crippen LogP contribution in [0.3, 0.4) is 0 Å². The fourth-order valence-corrected chi connectivity index (χ4v) is 2.09. The van der Waals surface area contributed by atoms with Gasteiger partial charge in [-0.1, -0.05) is 6.42 Å². The zero-order valence-electron chi connectivity index (χ0n) is 9.15. The molecule has 1 saturated carbocycles. The first kappa shape index (κ1) is 10.8. The van der Waals surface area contributed by atoms with Gasteiger partial charge in [-0.25, -0.2) is 0 Å². The van der Waals surface area contributed by atoms with Crippen LogP contribution in [-0.4, -0.2) is 11.2 Å². The number of rotatable bonds is 2. The molecule has 1 aliphatic carbocycles. The zero-order valence-corrected chi connectivity index (χ0v) is 9.15. The highest BCUT2D eigenvalue weighted by Gasteiger charge is 2.15. The number of phenolic OH excluding ortho intramolecular Hbond substituents is 1. The Morgan fingerprint density at radius 1 is 1.19 bits per heavy atom. The molecule has 1 N–H and O–H groups in total. The summed E-state index contributed by atoms with van der Waals surface area (Å²) in [5, 5.41) is 18.2. The van der Waals surface area contributed by atoms with Gasteiger partial charge in [-0.05, 0) is 37.8 Å². The third-order valence-electron chi connectivity index (χ3n) is 2.88. The topological polar surface area (TPSA) is 53.2 Å². The van der Waals surface area contributed by atoms with Gasteiger partial charge in [0.25, 0.3) is 0 Å². The fraction of sp³-hybridized carbons (Fsp3) is 0.462. The average Bonchev–Trinajstić information content (AvgIpc) is 2.29. The van der Waals surface area contributed by atoms with E-state index in [0.717, 1.165) is 12.8 Å². The van der Waals surface area contributed by atoms with Crippen molar-refractivity contribution in [2.75, 3.05) is 0 Å². The standard InChI is InChI=1S/C13H15NO2/c14-9-10-6-11(15)8-13(7-10)16-12-4-2-1-3-5-12/h6-8,12,15H,1-5H2. The third-order valence-corrected chi connectivity index (χ3v) is 2.88. The third kappa shape index (κ3) is 2.66. The second kappa shape index (κ2) is 4.89. The molecule has 1 aromatic carbocycles. The molecular weight excluding hydrogens is 202 g/mol. The first-order chi connectivity index (χ1) is 7.78. The Balaban J connectivity index is 2.08. The number of aromatic hydroxyl groups is 1. The first-order valence-corrected chi connectivity index (χ1v) is 5.69. The molecule has 0 atom stereocenters. The number of ether oxygens (including phenoxy) is 1. The molecule has 0 aromatic heterocycles. The smallest absolute Gasteiger partial charge is 0.124 e. The molecule has 16 heavy (non-hydrogen) atoms. The van der Waals surface area contributed by atoms with Gasteiger partial charge in [0.2, 0.25) is 0 Å². The molecule has 3 heteroatoms. The Labute approximate surface area is 95.3 Å². The van der Waals surface area contributed by atoms with Crippen LogP contribution in [0.15, 0.2) is 18.2 Å². The molecule has 0 saturated heterocycles. The Bertz CT molecular complexity index is 403. The summed E-state index contributed by atoms with van der Waals surface area (Å²) in [6, 6.07) is 6.68. The van der Waals surface area contributed by atoms with Gasteiger partial charge in [-0.2, -0.15) is 5.26 Å². The van der Waals surface area contributed by atoms with E-state index >= 15 is 0 Å². The Morgan fingerprint density at radius 2 is 1.94 bits per heavy atom. The number of nitrogens with zero attached hydrogens (tertiary/aromatic N) is 1.